The third-order valence-corrected chi connectivity index (χ3v) is 7.26. The van der Waals surface area contributed by atoms with Crippen LogP contribution in [0.4, 0.5) is 8.78 Å². The zero-order chi connectivity index (χ0) is 30.8. The zero-order valence-electron chi connectivity index (χ0n) is 23.1. The van der Waals surface area contributed by atoms with Crippen LogP contribution in [0.15, 0.2) is 118 Å². The standard InChI is InChI=1S/C35H24F2N2O5/c36-28-14-26(15-29(37)18-28)27-16-30(33(40)38-19-21-6-12-25(13-7-21)34(41)42)32-31(17-27)44-35(43)39(32)20-22-8-10-24(11-9-22)23-4-2-1-3-5-23/h1-18H,19-20H2,(H,38,40)(H,41,42). The minimum Gasteiger partial charge on any atom is -0.478 e. The number of fused-ring (bicyclic) bond motifs is 1. The molecule has 7 nitrogen and oxygen atoms in total. The molecule has 9 heteroatoms. The van der Waals surface area contributed by atoms with Crippen LogP contribution in [0.3, 0.4) is 0 Å². The van der Waals surface area contributed by atoms with E-state index in [4.69, 9.17) is 9.52 Å². The Kier molecular flexibility index (Phi) is 7.59. The lowest BCUT2D eigenvalue weighted by Gasteiger charge is -2.12. The molecule has 0 aliphatic rings. The predicted octanol–water partition coefficient (Wildman–Crippen LogP) is 6.88. The van der Waals surface area contributed by atoms with Gasteiger partial charge in [-0.15, -0.1) is 0 Å². The first-order valence-electron chi connectivity index (χ1n) is 13.6. The van der Waals surface area contributed by atoms with Crippen LogP contribution in [-0.4, -0.2) is 21.6 Å². The number of nitrogens with zero attached hydrogens (tertiary/aromatic N) is 1. The average Bonchev–Trinajstić information content (AvgIpc) is 3.34. The molecule has 2 N–H and O–H groups in total. The number of nitrogens with one attached hydrogen (secondary N) is 1. The summed E-state index contributed by atoms with van der Waals surface area (Å²) >= 11 is 0. The summed E-state index contributed by atoms with van der Waals surface area (Å²) in [5.41, 5.74) is 4.39. The average molecular weight is 591 g/mol. The highest BCUT2D eigenvalue weighted by Crippen LogP contribution is 2.30. The van der Waals surface area contributed by atoms with Crippen LogP contribution in [0.2, 0.25) is 0 Å². The summed E-state index contributed by atoms with van der Waals surface area (Å²) in [6.07, 6.45) is 0. The molecule has 0 bridgehead atoms. The van der Waals surface area contributed by atoms with Crippen molar-refractivity contribution >= 4 is 23.0 Å². The SMILES string of the molecule is O=C(O)c1ccc(CNC(=O)c2cc(-c3cc(F)cc(F)c3)cc3oc(=O)n(Cc4ccc(-c5ccccc5)cc4)c23)cc1. The number of aromatic nitrogens is 1. The second-order valence-corrected chi connectivity index (χ2v) is 10.2. The first-order valence-corrected chi connectivity index (χ1v) is 13.6. The van der Waals surface area contributed by atoms with Gasteiger partial charge in [-0.2, -0.15) is 0 Å². The fourth-order valence-corrected chi connectivity index (χ4v) is 5.07. The summed E-state index contributed by atoms with van der Waals surface area (Å²) in [6, 6.07) is 29.4. The molecule has 0 fully saturated rings. The highest BCUT2D eigenvalue weighted by molar-refractivity contribution is 6.06. The van der Waals surface area contributed by atoms with Gasteiger partial charge in [0.05, 0.1) is 17.7 Å². The first kappa shape index (κ1) is 28.3. The van der Waals surface area contributed by atoms with Crippen molar-refractivity contribution in [3.8, 4) is 22.3 Å². The molecular weight excluding hydrogens is 566 g/mol. The minimum atomic E-state index is -1.07. The summed E-state index contributed by atoms with van der Waals surface area (Å²) in [6.45, 7) is 0.161. The minimum absolute atomic E-state index is 0.0576. The van der Waals surface area contributed by atoms with Crippen molar-refractivity contribution in [1.29, 1.82) is 0 Å². The molecule has 0 saturated heterocycles. The van der Waals surface area contributed by atoms with Crippen molar-refractivity contribution in [3.05, 3.63) is 154 Å². The Balaban J connectivity index is 1.38. The van der Waals surface area contributed by atoms with Gasteiger partial charge in [-0.3, -0.25) is 9.36 Å². The number of amides is 1. The summed E-state index contributed by atoms with van der Waals surface area (Å²) in [5, 5.41) is 11.9. The van der Waals surface area contributed by atoms with Gasteiger partial charge in [-0.1, -0.05) is 66.7 Å². The van der Waals surface area contributed by atoms with E-state index >= 15 is 0 Å². The molecular formula is C35H24F2N2O5. The summed E-state index contributed by atoms with van der Waals surface area (Å²) in [7, 11) is 0. The van der Waals surface area contributed by atoms with Gasteiger partial charge < -0.3 is 14.8 Å². The number of carboxylic acids is 1. The maximum Gasteiger partial charge on any atom is 0.420 e. The highest BCUT2D eigenvalue weighted by atomic mass is 19.1. The van der Waals surface area contributed by atoms with Gasteiger partial charge in [0.2, 0.25) is 0 Å². The fraction of sp³-hybridized carbons (Fsp3) is 0.0571. The quantitative estimate of drug-likeness (QED) is 0.201. The number of hydrogen-bond acceptors (Lipinski definition) is 4. The topological polar surface area (TPSA) is 102 Å². The Hall–Kier alpha value is -5.83. The lowest BCUT2D eigenvalue weighted by Crippen LogP contribution is -2.24. The van der Waals surface area contributed by atoms with E-state index in [9.17, 15) is 23.2 Å². The Morgan fingerprint density at radius 2 is 1.34 bits per heavy atom. The van der Waals surface area contributed by atoms with E-state index < -0.39 is 29.3 Å². The molecule has 0 aliphatic heterocycles. The molecule has 0 spiro atoms. The molecule has 0 saturated carbocycles. The maximum absolute atomic E-state index is 14.1. The molecule has 44 heavy (non-hydrogen) atoms. The van der Waals surface area contributed by atoms with Crippen LogP contribution in [-0.2, 0) is 13.1 Å². The second-order valence-electron chi connectivity index (χ2n) is 10.2. The largest absolute Gasteiger partial charge is 0.478 e. The third-order valence-electron chi connectivity index (χ3n) is 7.26. The summed E-state index contributed by atoms with van der Waals surface area (Å²) in [5.74, 6) is -3.93. The molecule has 6 rings (SSSR count). The molecule has 0 aliphatic carbocycles. The van der Waals surface area contributed by atoms with Crippen LogP contribution in [0.25, 0.3) is 33.4 Å². The van der Waals surface area contributed by atoms with Crippen LogP contribution in [0.5, 0.6) is 0 Å². The number of halogens is 2. The van der Waals surface area contributed by atoms with Crippen LogP contribution in [0, 0.1) is 11.6 Å². The van der Waals surface area contributed by atoms with Crippen molar-refractivity contribution in [2.24, 2.45) is 0 Å². The number of rotatable bonds is 8. The predicted molar refractivity (Wildman–Crippen MR) is 161 cm³/mol. The normalized spacial score (nSPS) is 11.0. The van der Waals surface area contributed by atoms with E-state index in [1.807, 2.05) is 54.6 Å². The Morgan fingerprint density at radius 1 is 0.727 bits per heavy atom. The number of carbonyl (C=O) groups is 2. The van der Waals surface area contributed by atoms with Crippen LogP contribution >= 0.6 is 0 Å². The van der Waals surface area contributed by atoms with Gasteiger partial charge in [0.1, 0.15) is 17.2 Å². The third kappa shape index (κ3) is 5.89. The smallest absolute Gasteiger partial charge is 0.420 e. The number of oxazole rings is 1. The Bertz CT molecular complexity index is 2050. The van der Waals surface area contributed by atoms with E-state index in [-0.39, 0.29) is 46.4 Å². The molecule has 6 aromatic rings. The summed E-state index contributed by atoms with van der Waals surface area (Å²) in [4.78, 5) is 37.9. The lowest BCUT2D eigenvalue weighted by atomic mass is 10.0. The van der Waals surface area contributed by atoms with Crippen molar-refractivity contribution in [3.63, 3.8) is 0 Å². The van der Waals surface area contributed by atoms with Gasteiger partial charge >= 0.3 is 11.7 Å². The first-order chi connectivity index (χ1) is 21.2. The number of carboxylic acid groups (broad SMARTS) is 1. The number of carbonyl (C=O) groups excluding carboxylic acids is 1. The molecule has 1 amide bonds. The number of aromatic carboxylic acids is 1. The van der Waals surface area contributed by atoms with E-state index in [1.54, 1.807) is 12.1 Å². The molecule has 0 unspecified atom stereocenters. The van der Waals surface area contributed by atoms with Crippen molar-refractivity contribution in [2.75, 3.05) is 0 Å². The van der Waals surface area contributed by atoms with Gasteiger partial charge in [0.15, 0.2) is 5.58 Å². The van der Waals surface area contributed by atoms with Gasteiger partial charge in [-0.25, -0.2) is 18.4 Å². The zero-order valence-corrected chi connectivity index (χ0v) is 23.1. The number of benzene rings is 5. The molecule has 218 valence electrons. The van der Waals surface area contributed by atoms with E-state index in [0.29, 0.717) is 5.56 Å². The Labute approximate surface area is 249 Å². The van der Waals surface area contributed by atoms with Crippen molar-refractivity contribution < 1.29 is 27.9 Å². The van der Waals surface area contributed by atoms with Gasteiger partial charge in [0.25, 0.3) is 5.91 Å². The highest BCUT2D eigenvalue weighted by Gasteiger charge is 2.21. The van der Waals surface area contributed by atoms with Crippen molar-refractivity contribution in [1.82, 2.24) is 9.88 Å². The van der Waals surface area contributed by atoms with Crippen LogP contribution < -0.4 is 11.1 Å². The van der Waals surface area contributed by atoms with E-state index in [2.05, 4.69) is 5.32 Å². The van der Waals surface area contributed by atoms with E-state index in [0.717, 1.165) is 34.9 Å². The number of hydrogen-bond donors (Lipinski definition) is 2. The molecule has 1 aromatic heterocycles. The van der Waals surface area contributed by atoms with Gasteiger partial charge in [-0.05, 0) is 69.8 Å². The molecule has 0 radical (unpaired) electrons. The monoisotopic (exact) mass is 590 g/mol. The second kappa shape index (κ2) is 11.8. The Morgan fingerprint density at radius 3 is 2.00 bits per heavy atom. The fourth-order valence-electron chi connectivity index (χ4n) is 5.07. The molecule has 5 aromatic carbocycles. The lowest BCUT2D eigenvalue weighted by molar-refractivity contribution is 0.0696. The molecule has 1 heterocycles. The maximum atomic E-state index is 14.1. The van der Waals surface area contributed by atoms with Crippen molar-refractivity contribution in [2.45, 2.75) is 13.1 Å². The summed E-state index contributed by atoms with van der Waals surface area (Å²) < 4.78 is 35.1. The molecule has 0 atom stereocenters. The van der Waals surface area contributed by atoms with E-state index in [1.165, 1.54) is 28.8 Å². The van der Waals surface area contributed by atoms with Crippen LogP contribution in [0.1, 0.15) is 31.8 Å². The van der Waals surface area contributed by atoms with Gasteiger partial charge in [0, 0.05) is 12.6 Å².